The second-order valence-electron chi connectivity index (χ2n) is 7.29. The summed E-state index contributed by atoms with van der Waals surface area (Å²) in [6.45, 7) is 2.28. The van der Waals surface area contributed by atoms with Crippen molar-refractivity contribution >= 4 is 28.7 Å². The minimum Gasteiger partial charge on any atom is -0.338 e. The molecule has 0 N–H and O–H groups in total. The molecule has 0 spiro atoms. The maximum absolute atomic E-state index is 5.16. The molecule has 2 aromatic carbocycles. The van der Waals surface area contributed by atoms with Crippen LogP contribution in [0, 0.1) is 0 Å². The molecule has 146 valence electrons. The van der Waals surface area contributed by atoms with Gasteiger partial charge >= 0.3 is 0 Å². The van der Waals surface area contributed by atoms with Gasteiger partial charge in [0, 0.05) is 27.8 Å². The van der Waals surface area contributed by atoms with Crippen molar-refractivity contribution in [1.82, 2.24) is 9.88 Å². The van der Waals surface area contributed by atoms with Crippen LogP contribution in [0.3, 0.4) is 0 Å². The van der Waals surface area contributed by atoms with E-state index in [1.54, 1.807) is 0 Å². The average molecular weight is 418 g/mol. The van der Waals surface area contributed by atoms with E-state index in [0.29, 0.717) is 6.04 Å². The van der Waals surface area contributed by atoms with E-state index in [1.807, 2.05) is 35.8 Å². The first-order valence-corrected chi connectivity index (χ1v) is 11.9. The molecule has 29 heavy (non-hydrogen) atoms. The SMILES string of the molecule is CC[C@@H]1CSC2=N[C@H](c3ccccn3)[C@H](c3ccccc3Sc3ccccc3)N21. The second kappa shape index (κ2) is 8.25. The lowest BCUT2D eigenvalue weighted by atomic mass is 9.95. The number of aromatic nitrogens is 1. The first kappa shape index (κ1) is 18.8. The highest BCUT2D eigenvalue weighted by Crippen LogP contribution is 2.50. The quantitative estimate of drug-likeness (QED) is 0.493. The van der Waals surface area contributed by atoms with E-state index in [1.165, 1.54) is 20.5 Å². The van der Waals surface area contributed by atoms with Gasteiger partial charge in [0.2, 0.25) is 0 Å². The number of fused-ring (bicyclic) bond motifs is 1. The summed E-state index contributed by atoms with van der Waals surface area (Å²) in [5.74, 6) is 1.12. The summed E-state index contributed by atoms with van der Waals surface area (Å²) in [5.41, 5.74) is 2.39. The van der Waals surface area contributed by atoms with Gasteiger partial charge in [0.15, 0.2) is 5.17 Å². The van der Waals surface area contributed by atoms with E-state index in [2.05, 4.69) is 83.5 Å². The Balaban J connectivity index is 1.59. The number of aliphatic imine (C=N–C) groups is 1. The van der Waals surface area contributed by atoms with Crippen LogP contribution in [0.5, 0.6) is 0 Å². The highest BCUT2D eigenvalue weighted by molar-refractivity contribution is 8.14. The number of hydrogen-bond donors (Lipinski definition) is 0. The molecule has 2 aliphatic heterocycles. The van der Waals surface area contributed by atoms with Gasteiger partial charge in [-0.2, -0.15) is 0 Å². The Morgan fingerprint density at radius 1 is 1.00 bits per heavy atom. The molecule has 0 aliphatic carbocycles. The largest absolute Gasteiger partial charge is 0.338 e. The fourth-order valence-corrected chi connectivity index (χ4v) is 6.46. The molecule has 3 aromatic rings. The van der Waals surface area contributed by atoms with Gasteiger partial charge in [0.1, 0.15) is 6.04 Å². The van der Waals surface area contributed by atoms with Crippen molar-refractivity contribution in [3.8, 4) is 0 Å². The Labute approximate surface area is 180 Å². The van der Waals surface area contributed by atoms with E-state index >= 15 is 0 Å². The lowest BCUT2D eigenvalue weighted by Crippen LogP contribution is -2.35. The Morgan fingerprint density at radius 2 is 1.79 bits per heavy atom. The van der Waals surface area contributed by atoms with Gasteiger partial charge in [-0.25, -0.2) is 0 Å². The zero-order valence-electron chi connectivity index (χ0n) is 16.3. The molecule has 0 bridgehead atoms. The molecule has 1 saturated heterocycles. The molecule has 0 radical (unpaired) electrons. The standard InChI is InChI=1S/C24H23N3S2/c1-2-17-16-28-24-26-22(20-13-8-9-15-25-20)23(27(17)24)19-12-6-7-14-21(19)29-18-10-4-3-5-11-18/h3-15,17,22-23H,2,16H2,1H3/t17-,22-,23+/m1/s1. The first-order valence-electron chi connectivity index (χ1n) is 10.1. The third-order valence-corrected chi connectivity index (χ3v) is 7.76. The van der Waals surface area contributed by atoms with Crippen molar-refractivity contribution in [3.63, 3.8) is 0 Å². The van der Waals surface area contributed by atoms with Gasteiger partial charge in [-0.3, -0.25) is 9.98 Å². The third-order valence-electron chi connectivity index (χ3n) is 5.54. The number of rotatable bonds is 5. The fraction of sp³-hybridized carbons (Fsp3) is 0.250. The Bertz CT molecular complexity index is 1010. The summed E-state index contributed by atoms with van der Waals surface area (Å²) in [6.07, 6.45) is 3.01. The summed E-state index contributed by atoms with van der Waals surface area (Å²) >= 11 is 3.73. The van der Waals surface area contributed by atoms with Crippen molar-refractivity contribution in [2.24, 2.45) is 4.99 Å². The molecular weight excluding hydrogens is 394 g/mol. The predicted molar refractivity (Wildman–Crippen MR) is 123 cm³/mol. The average Bonchev–Trinajstić information content (AvgIpc) is 3.35. The second-order valence-corrected chi connectivity index (χ2v) is 9.39. The van der Waals surface area contributed by atoms with Crippen LogP contribution in [0.4, 0.5) is 0 Å². The summed E-state index contributed by atoms with van der Waals surface area (Å²) in [5, 5.41) is 1.18. The molecule has 2 aliphatic rings. The molecule has 0 saturated carbocycles. The van der Waals surface area contributed by atoms with Crippen LogP contribution < -0.4 is 0 Å². The van der Waals surface area contributed by atoms with E-state index in [4.69, 9.17) is 4.99 Å². The van der Waals surface area contributed by atoms with Crippen molar-refractivity contribution in [3.05, 3.63) is 90.3 Å². The van der Waals surface area contributed by atoms with Gasteiger partial charge in [0.25, 0.3) is 0 Å². The summed E-state index contributed by atoms with van der Waals surface area (Å²) in [6, 6.07) is 26.3. The smallest absolute Gasteiger partial charge is 0.160 e. The Kier molecular flexibility index (Phi) is 5.34. The maximum atomic E-state index is 5.16. The molecule has 5 rings (SSSR count). The highest BCUT2D eigenvalue weighted by Gasteiger charge is 2.46. The Hall–Kier alpha value is -2.24. The molecule has 0 unspecified atom stereocenters. The van der Waals surface area contributed by atoms with Crippen LogP contribution in [-0.2, 0) is 0 Å². The minimum atomic E-state index is 0.0329. The topological polar surface area (TPSA) is 28.5 Å². The van der Waals surface area contributed by atoms with Crippen LogP contribution in [0.15, 0.2) is 93.8 Å². The van der Waals surface area contributed by atoms with E-state index in [0.717, 1.165) is 17.9 Å². The van der Waals surface area contributed by atoms with Gasteiger partial charge in [-0.15, -0.1) is 0 Å². The zero-order chi connectivity index (χ0) is 19.6. The van der Waals surface area contributed by atoms with Crippen LogP contribution >= 0.6 is 23.5 Å². The normalized spacial score (nSPS) is 23.1. The number of nitrogens with zero attached hydrogens (tertiary/aromatic N) is 3. The maximum Gasteiger partial charge on any atom is 0.160 e. The molecule has 3 heterocycles. The van der Waals surface area contributed by atoms with Crippen LogP contribution in [0.2, 0.25) is 0 Å². The lowest BCUT2D eigenvalue weighted by molar-refractivity contribution is 0.252. The van der Waals surface area contributed by atoms with Crippen molar-refractivity contribution < 1.29 is 0 Å². The van der Waals surface area contributed by atoms with Crippen LogP contribution in [0.1, 0.15) is 36.7 Å². The van der Waals surface area contributed by atoms with Crippen LogP contribution in [0.25, 0.3) is 0 Å². The lowest BCUT2D eigenvalue weighted by Gasteiger charge is -2.33. The molecule has 1 fully saturated rings. The van der Waals surface area contributed by atoms with Crippen molar-refractivity contribution in [1.29, 1.82) is 0 Å². The summed E-state index contributed by atoms with van der Waals surface area (Å²) in [4.78, 5) is 15.0. The fourth-order valence-electron chi connectivity index (χ4n) is 4.12. The van der Waals surface area contributed by atoms with Gasteiger partial charge in [0.05, 0.1) is 11.7 Å². The van der Waals surface area contributed by atoms with E-state index < -0.39 is 0 Å². The highest BCUT2D eigenvalue weighted by atomic mass is 32.2. The Morgan fingerprint density at radius 3 is 2.59 bits per heavy atom. The summed E-state index contributed by atoms with van der Waals surface area (Å²) in [7, 11) is 0. The number of benzene rings is 2. The number of hydrogen-bond acceptors (Lipinski definition) is 5. The van der Waals surface area contributed by atoms with E-state index in [9.17, 15) is 0 Å². The van der Waals surface area contributed by atoms with Gasteiger partial charge in [-0.1, -0.05) is 72.9 Å². The number of amidine groups is 1. The molecule has 1 aromatic heterocycles. The van der Waals surface area contributed by atoms with Gasteiger partial charge < -0.3 is 4.90 Å². The number of pyridine rings is 1. The molecule has 3 nitrogen and oxygen atoms in total. The number of thioether (sulfide) groups is 1. The van der Waals surface area contributed by atoms with Crippen LogP contribution in [-0.4, -0.2) is 26.8 Å². The van der Waals surface area contributed by atoms with Crippen molar-refractivity contribution in [2.45, 2.75) is 41.3 Å². The zero-order valence-corrected chi connectivity index (χ0v) is 17.9. The first-order chi connectivity index (χ1) is 14.3. The van der Waals surface area contributed by atoms with Gasteiger partial charge in [-0.05, 0) is 42.3 Å². The predicted octanol–water partition coefficient (Wildman–Crippen LogP) is 6.21. The minimum absolute atomic E-state index is 0.0329. The molecular formula is C24H23N3S2. The van der Waals surface area contributed by atoms with Crippen molar-refractivity contribution in [2.75, 3.05) is 5.75 Å². The third kappa shape index (κ3) is 3.58. The molecule has 5 heteroatoms. The molecule has 0 amide bonds. The summed E-state index contributed by atoms with van der Waals surface area (Å²) < 4.78 is 0. The van der Waals surface area contributed by atoms with E-state index in [-0.39, 0.29) is 12.1 Å². The monoisotopic (exact) mass is 417 g/mol. The molecule has 3 atom stereocenters.